The van der Waals surface area contributed by atoms with Crippen LogP contribution in [0.25, 0.3) is 0 Å². The van der Waals surface area contributed by atoms with Crippen molar-refractivity contribution < 1.29 is 23.1 Å². The van der Waals surface area contributed by atoms with Crippen LogP contribution in [0.4, 0.5) is 30.5 Å². The first-order valence-electron chi connectivity index (χ1n) is 8.74. The molecule has 4 N–H and O–H groups in total. The van der Waals surface area contributed by atoms with Crippen molar-refractivity contribution in [3.63, 3.8) is 0 Å². The number of aliphatic carboxylic acids is 1. The number of nitrogen functional groups attached to an aromatic ring is 1. The van der Waals surface area contributed by atoms with Gasteiger partial charge in [-0.15, -0.1) is 0 Å². The summed E-state index contributed by atoms with van der Waals surface area (Å²) < 4.78 is 37.9. The van der Waals surface area contributed by atoms with Crippen LogP contribution in [0.1, 0.15) is 24.0 Å². The number of alkyl halides is 3. The molecule has 2 aromatic rings. The van der Waals surface area contributed by atoms with Crippen molar-refractivity contribution >= 4 is 23.3 Å². The number of anilines is 3. The fourth-order valence-electron chi connectivity index (χ4n) is 3.11. The Morgan fingerprint density at radius 3 is 2.43 bits per heavy atom. The van der Waals surface area contributed by atoms with Crippen LogP contribution < -0.4 is 16.0 Å². The number of hydrogen-bond acceptors (Lipinski definition) is 6. The summed E-state index contributed by atoms with van der Waals surface area (Å²) in [7, 11) is 0. The van der Waals surface area contributed by atoms with Crippen LogP contribution in [0.3, 0.4) is 0 Å². The minimum atomic E-state index is -4.37. The molecule has 150 valence electrons. The van der Waals surface area contributed by atoms with Gasteiger partial charge in [-0.1, -0.05) is 12.1 Å². The van der Waals surface area contributed by atoms with E-state index in [1.165, 1.54) is 18.5 Å². The van der Waals surface area contributed by atoms with Gasteiger partial charge in [0.2, 0.25) is 0 Å². The summed E-state index contributed by atoms with van der Waals surface area (Å²) in [4.78, 5) is 21.3. The molecular weight excluding hydrogens is 375 g/mol. The molecule has 0 unspecified atom stereocenters. The van der Waals surface area contributed by atoms with E-state index in [1.807, 2.05) is 4.90 Å². The molecule has 1 aliphatic rings. The zero-order chi connectivity index (χ0) is 20.3. The normalized spacial score (nSPS) is 15.5. The van der Waals surface area contributed by atoms with E-state index in [2.05, 4.69) is 15.3 Å². The Labute approximate surface area is 159 Å². The first-order chi connectivity index (χ1) is 13.3. The molecule has 1 fully saturated rings. The highest BCUT2D eigenvalue weighted by molar-refractivity contribution is 5.75. The second kappa shape index (κ2) is 7.91. The predicted octanol–water partition coefficient (Wildman–Crippen LogP) is 2.99. The third-order valence-corrected chi connectivity index (χ3v) is 4.75. The van der Waals surface area contributed by atoms with Gasteiger partial charge in [-0.2, -0.15) is 13.2 Å². The van der Waals surface area contributed by atoms with E-state index in [-0.39, 0.29) is 12.5 Å². The van der Waals surface area contributed by atoms with Crippen molar-refractivity contribution in [2.45, 2.75) is 25.6 Å². The maximum absolute atomic E-state index is 12.6. The largest absolute Gasteiger partial charge is 0.481 e. The topological polar surface area (TPSA) is 104 Å². The van der Waals surface area contributed by atoms with E-state index in [0.717, 1.165) is 12.1 Å². The van der Waals surface area contributed by atoms with Crippen molar-refractivity contribution in [3.8, 4) is 0 Å². The quantitative estimate of drug-likeness (QED) is 0.715. The molecule has 1 aliphatic heterocycles. The van der Waals surface area contributed by atoms with Crippen LogP contribution >= 0.6 is 0 Å². The second-order valence-corrected chi connectivity index (χ2v) is 6.61. The van der Waals surface area contributed by atoms with Gasteiger partial charge in [-0.3, -0.25) is 4.79 Å². The smallest absolute Gasteiger partial charge is 0.416 e. The van der Waals surface area contributed by atoms with Crippen LogP contribution in [0.2, 0.25) is 0 Å². The molecule has 28 heavy (non-hydrogen) atoms. The summed E-state index contributed by atoms with van der Waals surface area (Å²) in [5, 5.41) is 12.1. The van der Waals surface area contributed by atoms with Gasteiger partial charge in [0.25, 0.3) is 0 Å². The maximum Gasteiger partial charge on any atom is 0.416 e. The van der Waals surface area contributed by atoms with Gasteiger partial charge in [-0.25, -0.2) is 9.97 Å². The average molecular weight is 395 g/mol. The molecule has 0 radical (unpaired) electrons. The predicted molar refractivity (Wildman–Crippen MR) is 97.8 cm³/mol. The van der Waals surface area contributed by atoms with Crippen molar-refractivity contribution in [2.24, 2.45) is 5.92 Å². The van der Waals surface area contributed by atoms with Crippen molar-refractivity contribution in [1.29, 1.82) is 0 Å². The molecule has 1 saturated heterocycles. The van der Waals surface area contributed by atoms with Crippen molar-refractivity contribution in [2.75, 3.05) is 29.0 Å². The molecule has 2 heterocycles. The van der Waals surface area contributed by atoms with Gasteiger partial charge < -0.3 is 21.1 Å². The van der Waals surface area contributed by atoms with Gasteiger partial charge in [0.1, 0.15) is 12.0 Å². The fraction of sp³-hybridized carbons (Fsp3) is 0.389. The average Bonchev–Trinajstić information content (AvgIpc) is 2.67. The molecule has 1 aromatic heterocycles. The number of hydrogen-bond donors (Lipinski definition) is 3. The Kier molecular flexibility index (Phi) is 5.57. The van der Waals surface area contributed by atoms with Crippen LogP contribution in [0.15, 0.2) is 30.6 Å². The standard InChI is InChI=1S/C18H20F3N5O2/c19-18(20,21)13-3-1-11(2-4-13)9-23-15-14(22)16(25-10-24-15)26-7-5-12(6-8-26)17(27)28/h1-4,10,12H,5-9,22H2,(H,27,28)(H,23,24,25). The molecular formula is C18H20F3N5O2. The number of aromatic nitrogens is 2. The van der Waals surface area contributed by atoms with Crippen molar-refractivity contribution in [3.05, 3.63) is 41.7 Å². The Balaban J connectivity index is 1.66. The minimum absolute atomic E-state index is 0.250. The molecule has 1 aromatic carbocycles. The molecule has 0 spiro atoms. The summed E-state index contributed by atoms with van der Waals surface area (Å²) in [5.41, 5.74) is 6.43. The van der Waals surface area contributed by atoms with E-state index in [9.17, 15) is 18.0 Å². The molecule has 0 bridgehead atoms. The highest BCUT2D eigenvalue weighted by Gasteiger charge is 2.30. The maximum atomic E-state index is 12.6. The van der Waals surface area contributed by atoms with E-state index in [4.69, 9.17) is 10.8 Å². The second-order valence-electron chi connectivity index (χ2n) is 6.61. The Hall–Kier alpha value is -3.04. The highest BCUT2D eigenvalue weighted by Crippen LogP contribution is 2.31. The molecule has 0 aliphatic carbocycles. The zero-order valence-corrected chi connectivity index (χ0v) is 14.9. The summed E-state index contributed by atoms with van der Waals surface area (Å²) >= 11 is 0. The van der Waals surface area contributed by atoms with Gasteiger partial charge >= 0.3 is 12.1 Å². The van der Waals surface area contributed by atoms with Gasteiger partial charge in [-0.05, 0) is 30.5 Å². The number of carboxylic acid groups (broad SMARTS) is 1. The monoisotopic (exact) mass is 395 g/mol. The van der Waals surface area contributed by atoms with Crippen LogP contribution in [-0.2, 0) is 17.5 Å². The third kappa shape index (κ3) is 4.44. The van der Waals surface area contributed by atoms with E-state index >= 15 is 0 Å². The molecule has 7 nitrogen and oxygen atoms in total. The number of nitrogens with two attached hydrogens (primary N) is 1. The zero-order valence-electron chi connectivity index (χ0n) is 14.9. The first kappa shape index (κ1) is 19.7. The summed E-state index contributed by atoms with van der Waals surface area (Å²) in [5.74, 6) is -0.259. The number of piperidine rings is 1. The molecule has 0 saturated carbocycles. The number of carboxylic acids is 1. The molecule has 3 rings (SSSR count). The fourth-order valence-corrected chi connectivity index (χ4v) is 3.11. The third-order valence-electron chi connectivity index (χ3n) is 4.75. The van der Waals surface area contributed by atoms with Gasteiger partial charge in [0.05, 0.1) is 11.5 Å². The van der Waals surface area contributed by atoms with E-state index < -0.39 is 17.7 Å². The SMILES string of the molecule is Nc1c(NCc2ccc(C(F)(F)F)cc2)ncnc1N1CCC(C(=O)O)CC1. The molecule has 0 atom stereocenters. The van der Waals surface area contributed by atoms with Crippen molar-refractivity contribution in [1.82, 2.24) is 9.97 Å². The Morgan fingerprint density at radius 2 is 1.86 bits per heavy atom. The van der Waals surface area contributed by atoms with Crippen LogP contribution in [0.5, 0.6) is 0 Å². The van der Waals surface area contributed by atoms with Gasteiger partial charge in [0.15, 0.2) is 11.6 Å². The van der Waals surface area contributed by atoms with Crippen LogP contribution in [-0.4, -0.2) is 34.1 Å². The lowest BCUT2D eigenvalue weighted by atomic mass is 9.97. The first-order valence-corrected chi connectivity index (χ1v) is 8.74. The molecule has 10 heteroatoms. The number of halogens is 3. The van der Waals surface area contributed by atoms with Crippen LogP contribution in [0, 0.1) is 5.92 Å². The van der Waals surface area contributed by atoms with Gasteiger partial charge in [0, 0.05) is 19.6 Å². The number of rotatable bonds is 5. The number of nitrogens with one attached hydrogen (secondary N) is 1. The summed E-state index contributed by atoms with van der Waals surface area (Å²) in [6, 6.07) is 4.84. The van der Waals surface area contributed by atoms with E-state index in [0.29, 0.717) is 48.8 Å². The lowest BCUT2D eigenvalue weighted by Crippen LogP contribution is -2.37. The lowest BCUT2D eigenvalue weighted by Gasteiger charge is -2.31. The Bertz CT molecular complexity index is 834. The Morgan fingerprint density at radius 1 is 1.21 bits per heavy atom. The highest BCUT2D eigenvalue weighted by atomic mass is 19.4. The number of nitrogens with zero attached hydrogens (tertiary/aromatic N) is 3. The lowest BCUT2D eigenvalue weighted by molar-refractivity contribution is -0.142. The minimum Gasteiger partial charge on any atom is -0.481 e. The van der Waals surface area contributed by atoms with E-state index in [1.54, 1.807) is 0 Å². The number of carbonyl (C=O) groups is 1. The summed E-state index contributed by atoms with van der Waals surface area (Å²) in [6.45, 7) is 1.30. The number of benzene rings is 1. The molecule has 0 amide bonds. The summed E-state index contributed by atoms with van der Waals surface area (Å²) in [6.07, 6.45) is -2.00.